The van der Waals surface area contributed by atoms with E-state index in [4.69, 9.17) is 4.74 Å². The van der Waals surface area contributed by atoms with Crippen molar-refractivity contribution in [1.29, 1.82) is 0 Å². The molecule has 8 heavy (non-hydrogen) atoms. The molecule has 0 bridgehead atoms. The van der Waals surface area contributed by atoms with Gasteiger partial charge in [-0.05, 0) is 13.0 Å². The fourth-order valence-electron chi connectivity index (χ4n) is 0.875. The van der Waals surface area contributed by atoms with Crippen LogP contribution in [0, 0.1) is 7.05 Å². The Kier molecular flexibility index (Phi) is 1.86. The predicted molar refractivity (Wildman–Crippen MR) is 32.3 cm³/mol. The van der Waals surface area contributed by atoms with E-state index in [2.05, 4.69) is 11.9 Å². The maximum absolute atomic E-state index is 4.93. The average molecular weight is 114 g/mol. The molecular formula is C6H12NO-. The molecule has 1 fully saturated rings. The molecule has 0 amide bonds. The maximum Gasteiger partial charge on any atom is 0.0594 e. The minimum atomic E-state index is 0.597. The van der Waals surface area contributed by atoms with E-state index in [1.165, 1.54) is 6.42 Å². The minimum absolute atomic E-state index is 0.597. The Labute approximate surface area is 50.4 Å². The molecule has 1 heterocycles. The SMILES string of the molecule is [CH2-]N1CC[C@H]1COC. The van der Waals surface area contributed by atoms with E-state index in [0.717, 1.165) is 13.2 Å². The number of ether oxygens (including phenoxy) is 1. The molecule has 1 aliphatic rings. The van der Waals surface area contributed by atoms with Crippen molar-refractivity contribution >= 4 is 0 Å². The second-order valence-electron chi connectivity index (χ2n) is 2.21. The van der Waals surface area contributed by atoms with Crippen molar-refractivity contribution in [2.45, 2.75) is 12.5 Å². The Balaban J connectivity index is 2.08. The van der Waals surface area contributed by atoms with Crippen LogP contribution in [-0.2, 0) is 4.74 Å². The first-order valence-electron chi connectivity index (χ1n) is 2.90. The van der Waals surface area contributed by atoms with Crippen LogP contribution in [0.5, 0.6) is 0 Å². The second-order valence-corrected chi connectivity index (χ2v) is 2.21. The van der Waals surface area contributed by atoms with E-state index in [-0.39, 0.29) is 0 Å². The number of hydrogen-bond donors (Lipinski definition) is 0. The number of methoxy groups -OCH3 is 1. The lowest BCUT2D eigenvalue weighted by Gasteiger charge is -2.44. The summed E-state index contributed by atoms with van der Waals surface area (Å²) in [7, 11) is 5.53. The van der Waals surface area contributed by atoms with E-state index in [0.29, 0.717) is 6.04 Å². The first kappa shape index (κ1) is 6.05. The van der Waals surface area contributed by atoms with Crippen molar-refractivity contribution < 1.29 is 4.74 Å². The van der Waals surface area contributed by atoms with Gasteiger partial charge in [0.25, 0.3) is 0 Å². The zero-order valence-corrected chi connectivity index (χ0v) is 5.26. The third-order valence-corrected chi connectivity index (χ3v) is 1.62. The monoisotopic (exact) mass is 114 g/mol. The van der Waals surface area contributed by atoms with Gasteiger partial charge in [0, 0.05) is 13.2 Å². The zero-order chi connectivity index (χ0) is 5.98. The Morgan fingerprint density at radius 1 is 1.88 bits per heavy atom. The molecule has 1 rings (SSSR count). The molecule has 0 aromatic heterocycles. The lowest BCUT2D eigenvalue weighted by atomic mass is 10.1. The van der Waals surface area contributed by atoms with Gasteiger partial charge in [-0.15, -0.1) is 0 Å². The van der Waals surface area contributed by atoms with Gasteiger partial charge in [0.1, 0.15) is 0 Å². The number of rotatable bonds is 2. The molecule has 1 saturated heterocycles. The molecule has 1 atom stereocenters. The highest BCUT2D eigenvalue weighted by atomic mass is 16.5. The minimum Gasteiger partial charge on any atom is -0.455 e. The van der Waals surface area contributed by atoms with Crippen LogP contribution in [-0.4, -0.2) is 31.2 Å². The zero-order valence-electron chi connectivity index (χ0n) is 5.26. The van der Waals surface area contributed by atoms with Crippen molar-refractivity contribution in [3.8, 4) is 0 Å². The third-order valence-electron chi connectivity index (χ3n) is 1.62. The molecule has 0 aromatic carbocycles. The van der Waals surface area contributed by atoms with E-state index in [9.17, 15) is 0 Å². The van der Waals surface area contributed by atoms with Crippen molar-refractivity contribution in [2.75, 3.05) is 20.3 Å². The Morgan fingerprint density at radius 2 is 2.62 bits per heavy atom. The van der Waals surface area contributed by atoms with Gasteiger partial charge in [0.15, 0.2) is 0 Å². The summed E-state index contributed by atoms with van der Waals surface area (Å²) in [4.78, 5) is 2.06. The summed E-state index contributed by atoms with van der Waals surface area (Å²) < 4.78 is 4.93. The molecular weight excluding hydrogens is 102 g/mol. The van der Waals surface area contributed by atoms with Crippen LogP contribution in [0.4, 0.5) is 0 Å². The number of hydrogen-bond acceptors (Lipinski definition) is 2. The van der Waals surface area contributed by atoms with E-state index in [1.807, 2.05) is 0 Å². The molecule has 0 aromatic rings. The van der Waals surface area contributed by atoms with Crippen LogP contribution in [0.3, 0.4) is 0 Å². The quantitative estimate of drug-likeness (QED) is 0.485. The van der Waals surface area contributed by atoms with Crippen LogP contribution < -0.4 is 0 Å². The highest BCUT2D eigenvalue weighted by molar-refractivity contribution is 4.81. The van der Waals surface area contributed by atoms with Crippen molar-refractivity contribution in [1.82, 2.24) is 4.90 Å². The summed E-state index contributed by atoms with van der Waals surface area (Å²) in [6.07, 6.45) is 1.25. The molecule has 2 nitrogen and oxygen atoms in total. The molecule has 0 radical (unpaired) electrons. The molecule has 1 aliphatic heterocycles. The van der Waals surface area contributed by atoms with Crippen molar-refractivity contribution in [2.24, 2.45) is 0 Å². The van der Waals surface area contributed by atoms with Gasteiger partial charge in [-0.1, -0.05) is 0 Å². The van der Waals surface area contributed by atoms with Gasteiger partial charge in [0.2, 0.25) is 0 Å². The van der Waals surface area contributed by atoms with Crippen LogP contribution >= 0.6 is 0 Å². The summed E-state index contributed by atoms with van der Waals surface area (Å²) >= 11 is 0. The van der Waals surface area contributed by atoms with Crippen LogP contribution in [0.25, 0.3) is 0 Å². The van der Waals surface area contributed by atoms with E-state index >= 15 is 0 Å². The number of nitrogens with zero attached hydrogens (tertiary/aromatic N) is 1. The van der Waals surface area contributed by atoms with Gasteiger partial charge in [0.05, 0.1) is 6.61 Å². The van der Waals surface area contributed by atoms with Crippen LogP contribution in [0.1, 0.15) is 6.42 Å². The molecule has 0 N–H and O–H groups in total. The Hall–Kier alpha value is -0.0800. The van der Waals surface area contributed by atoms with Crippen molar-refractivity contribution in [3.05, 3.63) is 7.05 Å². The molecule has 2 heteroatoms. The third kappa shape index (κ3) is 1.01. The topological polar surface area (TPSA) is 12.5 Å². The van der Waals surface area contributed by atoms with E-state index < -0.39 is 0 Å². The first-order valence-corrected chi connectivity index (χ1v) is 2.90. The predicted octanol–water partition coefficient (Wildman–Crippen LogP) is 0.499. The highest BCUT2D eigenvalue weighted by Gasteiger charge is 2.17. The summed E-state index contributed by atoms with van der Waals surface area (Å²) in [5.41, 5.74) is 0. The number of likely N-dealkylation sites (tertiary alicyclic amines) is 1. The standard InChI is InChI=1S/C6H12NO/c1-7-4-3-6(7)5-8-2/h6H,1,3-5H2,2H3/q-1/t6-/m0/s1. The van der Waals surface area contributed by atoms with Gasteiger partial charge < -0.3 is 9.64 Å². The second kappa shape index (κ2) is 2.46. The summed E-state index contributed by atoms with van der Waals surface area (Å²) in [5, 5.41) is 0. The van der Waals surface area contributed by atoms with Gasteiger partial charge in [-0.3, -0.25) is 7.05 Å². The summed E-state index contributed by atoms with van der Waals surface area (Å²) in [5.74, 6) is 0. The van der Waals surface area contributed by atoms with Gasteiger partial charge in [-0.25, -0.2) is 0 Å². The normalized spacial score (nSPS) is 30.0. The first-order chi connectivity index (χ1) is 3.84. The summed E-state index contributed by atoms with van der Waals surface area (Å²) in [6.45, 7) is 1.97. The Bertz CT molecular complexity index is 74.9. The van der Waals surface area contributed by atoms with Crippen LogP contribution in [0.15, 0.2) is 0 Å². The fourth-order valence-corrected chi connectivity index (χ4v) is 0.875. The van der Waals surface area contributed by atoms with Gasteiger partial charge >= 0.3 is 0 Å². The average Bonchev–Trinajstić information content (AvgIpc) is 1.79. The lowest BCUT2D eigenvalue weighted by molar-refractivity contribution is 0.0568. The Morgan fingerprint density at radius 3 is 2.75 bits per heavy atom. The highest BCUT2D eigenvalue weighted by Crippen LogP contribution is 2.14. The fraction of sp³-hybridized carbons (Fsp3) is 0.833. The van der Waals surface area contributed by atoms with Gasteiger partial charge in [-0.2, -0.15) is 0 Å². The van der Waals surface area contributed by atoms with E-state index in [1.54, 1.807) is 7.11 Å². The maximum atomic E-state index is 4.93. The molecule has 0 spiro atoms. The van der Waals surface area contributed by atoms with Crippen molar-refractivity contribution in [3.63, 3.8) is 0 Å². The molecule has 0 aliphatic carbocycles. The summed E-state index contributed by atoms with van der Waals surface area (Å²) in [6, 6.07) is 0.597. The molecule has 0 saturated carbocycles. The molecule has 0 unspecified atom stereocenters. The smallest absolute Gasteiger partial charge is 0.0594 e. The lowest BCUT2D eigenvalue weighted by Crippen LogP contribution is -2.45. The largest absolute Gasteiger partial charge is 0.455 e. The van der Waals surface area contributed by atoms with Crippen LogP contribution in [0.2, 0.25) is 0 Å². The molecule has 48 valence electrons.